The van der Waals surface area contributed by atoms with E-state index < -0.39 is 0 Å². The second-order valence-electron chi connectivity index (χ2n) is 25.5. The number of likely N-dealkylation sites (N-methyl/N-ethyl adjacent to an activating group) is 1. The predicted molar refractivity (Wildman–Crippen MR) is 418 cm³/mol. The van der Waals surface area contributed by atoms with Crippen molar-refractivity contribution in [3.05, 3.63) is 168 Å². The number of nitrogens with one attached hydrogen (secondary N) is 9. The summed E-state index contributed by atoms with van der Waals surface area (Å²) in [5, 5.41) is 29.4. The highest BCUT2D eigenvalue weighted by molar-refractivity contribution is 6.02. The molecule has 0 spiro atoms. The number of pyridine rings is 1. The van der Waals surface area contributed by atoms with Gasteiger partial charge in [-0.25, -0.2) is 15.0 Å². The van der Waals surface area contributed by atoms with Crippen LogP contribution in [0.4, 0.5) is 34.9 Å². The highest BCUT2D eigenvalue weighted by atomic mass is 16.5. The number of rotatable bonds is 24. The lowest BCUT2D eigenvalue weighted by Crippen LogP contribution is -2.26. The van der Waals surface area contributed by atoms with Gasteiger partial charge >= 0.3 is 0 Å². The molecule has 0 atom stereocenters. The van der Waals surface area contributed by atoms with Crippen molar-refractivity contribution in [1.29, 1.82) is 5.26 Å². The van der Waals surface area contributed by atoms with Gasteiger partial charge in [0, 0.05) is 132 Å². The zero-order valence-corrected chi connectivity index (χ0v) is 62.7. The zero-order valence-electron chi connectivity index (χ0n) is 62.7. The lowest BCUT2D eigenvalue weighted by Gasteiger charge is -2.23. The first-order valence-electron chi connectivity index (χ1n) is 35.3. The number of ether oxygens (including phenoxy) is 7. The summed E-state index contributed by atoms with van der Waals surface area (Å²) in [7, 11) is 13.1. The summed E-state index contributed by atoms with van der Waals surface area (Å²) in [5.41, 5.74) is 14.7. The maximum Gasteiger partial charge on any atom is 0.253 e. The third-order valence-electron chi connectivity index (χ3n) is 17.9. The molecule has 10 heterocycles. The summed E-state index contributed by atoms with van der Waals surface area (Å²) in [6.45, 7) is 8.59. The van der Waals surface area contributed by atoms with Crippen LogP contribution in [0.25, 0.3) is 88.7 Å². The molecule has 0 unspecified atom stereocenters. The van der Waals surface area contributed by atoms with Gasteiger partial charge in [0.05, 0.1) is 61.6 Å². The van der Waals surface area contributed by atoms with Crippen LogP contribution in [0.3, 0.4) is 0 Å². The first-order chi connectivity index (χ1) is 53.9. The Bertz CT molecular complexity index is 5560. The van der Waals surface area contributed by atoms with E-state index in [0.717, 1.165) is 84.7 Å². The number of oxazole rings is 2. The Morgan fingerprint density at radius 3 is 1.50 bits per heavy atom. The number of nitriles is 1. The number of fused-ring (bicyclic) bond motifs is 5. The maximum atomic E-state index is 12.3. The molecule has 14 aromatic rings. The Balaban J connectivity index is 0.000000146. The zero-order chi connectivity index (χ0) is 77.8. The Hall–Kier alpha value is -13.8. The Kier molecular flexibility index (Phi) is 23.1. The van der Waals surface area contributed by atoms with Crippen LogP contribution < -0.4 is 55.6 Å². The van der Waals surface area contributed by atoms with E-state index in [0.29, 0.717) is 160 Å². The molecular weight excluding hydrogens is 1420 g/mol. The number of methoxy groups -OCH3 is 3. The van der Waals surface area contributed by atoms with E-state index in [9.17, 15) is 19.6 Å². The van der Waals surface area contributed by atoms with Crippen LogP contribution in [0, 0.1) is 32.1 Å². The molecule has 0 bridgehead atoms. The van der Waals surface area contributed by atoms with Gasteiger partial charge in [0.2, 0.25) is 35.5 Å². The van der Waals surface area contributed by atoms with Crippen LogP contribution in [0.5, 0.6) is 29.1 Å². The number of anilines is 6. The molecule has 1 aliphatic rings. The van der Waals surface area contributed by atoms with E-state index in [4.69, 9.17) is 52.0 Å². The number of hydrogen-bond donors (Lipinski definition) is 9. The van der Waals surface area contributed by atoms with Crippen LogP contribution >= 0.6 is 0 Å². The molecule has 5 aromatic carbocycles. The predicted octanol–water partition coefficient (Wildman–Crippen LogP) is 12.2. The van der Waals surface area contributed by atoms with E-state index in [1.807, 2.05) is 101 Å². The highest BCUT2D eigenvalue weighted by Gasteiger charge is 2.26. The molecule has 32 heteroatoms. The topological polar surface area (TPSA) is 405 Å². The largest absolute Gasteiger partial charge is 0.495 e. The van der Waals surface area contributed by atoms with Gasteiger partial charge in [-0.05, 0) is 127 Å². The molecule has 568 valence electrons. The number of H-pyrrole nitrogens is 3. The number of carbonyl (C=O) groups is 3. The van der Waals surface area contributed by atoms with E-state index in [1.54, 1.807) is 94.9 Å². The summed E-state index contributed by atoms with van der Waals surface area (Å²) in [5.74, 6) is 3.90. The minimum absolute atomic E-state index is 0.0346. The molecule has 0 saturated carbocycles. The van der Waals surface area contributed by atoms with Crippen LogP contribution in [-0.2, 0) is 9.47 Å². The maximum absolute atomic E-state index is 12.3. The molecule has 9 N–H and O–H groups in total. The molecule has 1 saturated heterocycles. The summed E-state index contributed by atoms with van der Waals surface area (Å²) in [6.07, 6.45) is 8.67. The third kappa shape index (κ3) is 17.0. The van der Waals surface area contributed by atoms with Crippen molar-refractivity contribution >= 4 is 108 Å². The lowest BCUT2D eigenvalue weighted by molar-refractivity contribution is 0.0244. The fourth-order valence-electron chi connectivity index (χ4n) is 12.4. The van der Waals surface area contributed by atoms with Gasteiger partial charge in [-0.1, -0.05) is 12.1 Å². The third-order valence-corrected chi connectivity index (χ3v) is 17.9. The van der Waals surface area contributed by atoms with Crippen LogP contribution in [0.1, 0.15) is 67.0 Å². The number of carbonyl (C=O) groups excluding carboxylic acids is 3. The van der Waals surface area contributed by atoms with Crippen molar-refractivity contribution in [3.8, 4) is 68.6 Å². The normalized spacial score (nSPS) is 12.0. The van der Waals surface area contributed by atoms with E-state index in [2.05, 4.69) is 87.8 Å². The molecule has 111 heavy (non-hydrogen) atoms. The van der Waals surface area contributed by atoms with Crippen molar-refractivity contribution in [2.45, 2.75) is 39.7 Å². The van der Waals surface area contributed by atoms with Gasteiger partial charge in [0.15, 0.2) is 22.9 Å². The van der Waals surface area contributed by atoms with Crippen molar-refractivity contribution in [2.24, 2.45) is 0 Å². The monoisotopic (exact) mass is 1500 g/mol. The number of benzene rings is 5. The van der Waals surface area contributed by atoms with Gasteiger partial charge < -0.3 is 93.7 Å². The number of aromatic nitrogens is 12. The summed E-state index contributed by atoms with van der Waals surface area (Å²) >= 11 is 0. The van der Waals surface area contributed by atoms with Crippen molar-refractivity contribution < 1.29 is 56.4 Å². The van der Waals surface area contributed by atoms with Crippen molar-refractivity contribution in [2.75, 3.05) is 112 Å². The average molecular weight is 1500 g/mol. The molecule has 1 aliphatic heterocycles. The fourth-order valence-corrected chi connectivity index (χ4v) is 12.4. The van der Waals surface area contributed by atoms with Crippen LogP contribution in [0.15, 0.2) is 137 Å². The average Bonchev–Trinajstić information content (AvgIpc) is 1.66. The smallest absolute Gasteiger partial charge is 0.253 e. The second kappa shape index (κ2) is 34.0. The fraction of sp³-hybridized carbons (Fsp3) is 0.253. The summed E-state index contributed by atoms with van der Waals surface area (Å²) in [6, 6.07) is 32.9. The van der Waals surface area contributed by atoms with E-state index in [1.165, 1.54) is 14.2 Å². The van der Waals surface area contributed by atoms with Gasteiger partial charge in [-0.3, -0.25) is 14.4 Å². The SMILES string of the molecule is CNC(=O)c1ccc(Nc2nc(OCCOC)c3c(-c4ccc5nc(C)oc5c4)c[nH]c3n2)c(OC)c1.CNCCOc1nc(Nc2ccc(C(=O)NC)cc2OC)nc2[nH]cc(-c3ccc4nc(C)oc4c3)c12.Cc1cc(C(=O)N(C)C)ccc1Nc1nc(OC2CCOCC2)c2c(-c3ccnc(C#N)c3)c[nH]c2n1. The number of hydrogen-bond acceptors (Lipinski definition) is 26. The minimum atomic E-state index is -0.214. The molecule has 1 fully saturated rings. The number of amides is 3. The summed E-state index contributed by atoms with van der Waals surface area (Å²) < 4.78 is 51.6. The van der Waals surface area contributed by atoms with Crippen molar-refractivity contribution in [3.63, 3.8) is 0 Å². The van der Waals surface area contributed by atoms with Gasteiger partial charge in [0.25, 0.3) is 17.7 Å². The van der Waals surface area contributed by atoms with E-state index in [-0.39, 0.29) is 23.8 Å². The van der Waals surface area contributed by atoms with Crippen molar-refractivity contribution in [1.82, 2.24) is 80.7 Å². The molecular formula is C79H80N20O12. The number of nitrogens with zero attached hydrogens (tertiary/aromatic N) is 11. The van der Waals surface area contributed by atoms with E-state index >= 15 is 0 Å². The molecule has 32 nitrogen and oxygen atoms in total. The van der Waals surface area contributed by atoms with Gasteiger partial charge in [-0.15, -0.1) is 0 Å². The Labute approximate surface area is 635 Å². The van der Waals surface area contributed by atoms with Gasteiger partial charge in [-0.2, -0.15) is 35.2 Å². The molecule has 0 radical (unpaired) electrons. The first kappa shape index (κ1) is 75.5. The molecule has 3 amide bonds. The molecule has 9 aromatic heterocycles. The Morgan fingerprint density at radius 1 is 0.550 bits per heavy atom. The minimum Gasteiger partial charge on any atom is -0.495 e. The summed E-state index contributed by atoms with van der Waals surface area (Å²) in [4.78, 5) is 88.6. The number of aryl methyl sites for hydroxylation is 3. The van der Waals surface area contributed by atoms with Crippen LogP contribution in [-0.4, -0.2) is 185 Å². The van der Waals surface area contributed by atoms with Gasteiger partial charge in [0.1, 0.15) is 70.6 Å². The quantitative estimate of drug-likeness (QED) is 0.0254. The molecule has 0 aliphatic carbocycles. The standard InChI is InChI=1S/C27H27N7O3.C26H27N7O4.C26H26N6O5/c1-16-12-18(26(35)34(2)3)4-5-22(16)31-27-32-24-23(25(33-27)37-20-7-10-36-11-8-20)21(15-30-24)17-6-9-29-19(13-17)14-28;1-14-30-19-7-5-15(11-21(19)37-14)17-13-29-23-22(17)25(36-10-9-27-2)33-26(32-23)31-18-8-6-16(24(34)28-3)12-20(18)35-4;1-14-29-19-7-5-15(11-21(19)37-14)17-13-28-23-22(17)25(36-10-9-34-3)32-26(31-23)30-18-8-6-16(24(33)27-2)12-20(18)35-4/h4-6,9,12-13,15,20H,7-8,10-11H2,1-3H3,(H2,30,31,32,33);5-8,11-13,27H,9-10H2,1-4H3,(H,28,34)(H2,29,31,32,33);5-8,11-13H,9-10H2,1-4H3,(H,27,33)(H2,28,30,31,32). The van der Waals surface area contributed by atoms with Crippen LogP contribution in [0.2, 0.25) is 0 Å². The second-order valence-corrected chi connectivity index (χ2v) is 25.5. The lowest BCUT2D eigenvalue weighted by atomic mass is 10.1. The highest BCUT2D eigenvalue weighted by Crippen LogP contribution is 2.41. The Morgan fingerprint density at radius 2 is 1.03 bits per heavy atom. The molecule has 15 rings (SSSR count). The number of aromatic amines is 3. The first-order valence-corrected chi connectivity index (χ1v) is 35.3.